The summed E-state index contributed by atoms with van der Waals surface area (Å²) >= 11 is 5.40. The van der Waals surface area contributed by atoms with Crippen LogP contribution in [-0.2, 0) is 4.74 Å². The third kappa shape index (κ3) is 4.74. The lowest BCUT2D eigenvalue weighted by Gasteiger charge is -2.26. The van der Waals surface area contributed by atoms with E-state index in [2.05, 4.69) is 10.2 Å². The number of hydrogen-bond acceptors (Lipinski definition) is 4. The fraction of sp³-hybridized carbons (Fsp3) is 0.533. The summed E-state index contributed by atoms with van der Waals surface area (Å²) in [4.78, 5) is 3.18. The number of nitrogens with one attached hydrogen (secondary N) is 1. The first-order chi connectivity index (χ1) is 9.79. The SMILES string of the molecule is CCOc1ccc(C(=S)NCCN2CCOCC2)cc1. The van der Waals surface area contributed by atoms with Crippen molar-refractivity contribution in [3.63, 3.8) is 0 Å². The maximum atomic E-state index is 5.42. The zero-order chi connectivity index (χ0) is 14.2. The van der Waals surface area contributed by atoms with Crippen molar-refractivity contribution >= 4 is 17.2 Å². The first kappa shape index (κ1) is 15.2. The molecule has 0 saturated carbocycles. The van der Waals surface area contributed by atoms with Gasteiger partial charge in [0.25, 0.3) is 0 Å². The van der Waals surface area contributed by atoms with E-state index in [1.807, 2.05) is 31.2 Å². The molecule has 0 unspecified atom stereocenters. The largest absolute Gasteiger partial charge is 0.494 e. The quantitative estimate of drug-likeness (QED) is 0.808. The average Bonchev–Trinajstić information content (AvgIpc) is 2.49. The predicted molar refractivity (Wildman–Crippen MR) is 84.6 cm³/mol. The van der Waals surface area contributed by atoms with Gasteiger partial charge in [-0.05, 0) is 31.2 Å². The van der Waals surface area contributed by atoms with Crippen molar-refractivity contribution in [1.29, 1.82) is 0 Å². The number of morpholine rings is 1. The van der Waals surface area contributed by atoms with E-state index < -0.39 is 0 Å². The van der Waals surface area contributed by atoms with Gasteiger partial charge >= 0.3 is 0 Å². The summed E-state index contributed by atoms with van der Waals surface area (Å²) in [7, 11) is 0. The van der Waals surface area contributed by atoms with Crippen LogP contribution in [0.1, 0.15) is 12.5 Å². The molecule has 1 aromatic carbocycles. The topological polar surface area (TPSA) is 33.7 Å². The molecule has 110 valence electrons. The molecule has 20 heavy (non-hydrogen) atoms. The summed E-state index contributed by atoms with van der Waals surface area (Å²) in [6, 6.07) is 7.90. The van der Waals surface area contributed by atoms with Crippen molar-refractivity contribution in [2.45, 2.75) is 6.92 Å². The zero-order valence-electron chi connectivity index (χ0n) is 11.9. The number of thiocarbonyl (C=S) groups is 1. The van der Waals surface area contributed by atoms with Crippen LogP contribution in [0.2, 0.25) is 0 Å². The van der Waals surface area contributed by atoms with Crippen molar-refractivity contribution in [3.05, 3.63) is 29.8 Å². The lowest BCUT2D eigenvalue weighted by atomic mass is 10.2. The molecular formula is C15H22N2O2S. The normalized spacial score (nSPS) is 15.8. The molecule has 0 atom stereocenters. The van der Waals surface area contributed by atoms with Gasteiger partial charge in [-0.1, -0.05) is 12.2 Å². The van der Waals surface area contributed by atoms with Gasteiger partial charge in [0.15, 0.2) is 0 Å². The zero-order valence-corrected chi connectivity index (χ0v) is 12.7. The van der Waals surface area contributed by atoms with Crippen LogP contribution in [0, 0.1) is 0 Å². The van der Waals surface area contributed by atoms with Crippen molar-refractivity contribution in [1.82, 2.24) is 10.2 Å². The molecule has 2 rings (SSSR count). The Hall–Kier alpha value is -1.17. The first-order valence-electron chi connectivity index (χ1n) is 7.10. The minimum Gasteiger partial charge on any atom is -0.494 e. The lowest BCUT2D eigenvalue weighted by molar-refractivity contribution is 0.0389. The molecule has 1 aliphatic heterocycles. The molecule has 1 aromatic rings. The molecule has 1 saturated heterocycles. The van der Waals surface area contributed by atoms with E-state index in [1.54, 1.807) is 0 Å². The summed E-state index contributed by atoms with van der Waals surface area (Å²) in [6.07, 6.45) is 0. The molecule has 1 N–H and O–H groups in total. The molecule has 0 aromatic heterocycles. The summed E-state index contributed by atoms with van der Waals surface area (Å²) < 4.78 is 10.7. The van der Waals surface area contributed by atoms with Gasteiger partial charge in [0.1, 0.15) is 10.7 Å². The number of rotatable bonds is 6. The Balaban J connectivity index is 1.73. The van der Waals surface area contributed by atoms with Crippen molar-refractivity contribution < 1.29 is 9.47 Å². The van der Waals surface area contributed by atoms with Crippen LogP contribution in [0.5, 0.6) is 5.75 Å². The van der Waals surface area contributed by atoms with E-state index in [-0.39, 0.29) is 0 Å². The van der Waals surface area contributed by atoms with Crippen LogP contribution >= 0.6 is 12.2 Å². The first-order valence-corrected chi connectivity index (χ1v) is 7.51. The second-order valence-corrected chi connectivity index (χ2v) is 5.08. The fourth-order valence-electron chi connectivity index (χ4n) is 2.12. The fourth-order valence-corrected chi connectivity index (χ4v) is 2.36. The Labute approximate surface area is 126 Å². The summed E-state index contributed by atoms with van der Waals surface area (Å²) in [5, 5.41) is 3.31. The van der Waals surface area contributed by atoms with Gasteiger partial charge in [-0.25, -0.2) is 0 Å². The lowest BCUT2D eigenvalue weighted by Crippen LogP contribution is -2.41. The molecule has 0 radical (unpaired) electrons. The summed E-state index contributed by atoms with van der Waals surface area (Å²) in [5.41, 5.74) is 1.03. The molecule has 1 fully saturated rings. The number of benzene rings is 1. The Morgan fingerprint density at radius 3 is 2.65 bits per heavy atom. The Bertz CT molecular complexity index is 416. The maximum Gasteiger partial charge on any atom is 0.119 e. The summed E-state index contributed by atoms with van der Waals surface area (Å²) in [5.74, 6) is 0.882. The third-order valence-electron chi connectivity index (χ3n) is 3.24. The van der Waals surface area contributed by atoms with E-state index in [9.17, 15) is 0 Å². The highest BCUT2D eigenvalue weighted by Crippen LogP contribution is 2.12. The number of ether oxygens (including phenoxy) is 2. The average molecular weight is 294 g/mol. The Morgan fingerprint density at radius 2 is 2.00 bits per heavy atom. The Kier molecular flexibility index (Phi) is 6.24. The van der Waals surface area contributed by atoms with Gasteiger partial charge in [-0.3, -0.25) is 4.90 Å². The van der Waals surface area contributed by atoms with Gasteiger partial charge in [0, 0.05) is 31.7 Å². The minimum absolute atomic E-state index is 0.682. The molecule has 1 aliphatic rings. The highest BCUT2D eigenvalue weighted by molar-refractivity contribution is 7.80. The molecule has 0 aliphatic carbocycles. The van der Waals surface area contributed by atoms with E-state index in [0.29, 0.717) is 6.61 Å². The van der Waals surface area contributed by atoms with Crippen LogP contribution in [-0.4, -0.2) is 55.9 Å². The second kappa shape index (κ2) is 8.19. The van der Waals surface area contributed by atoms with Gasteiger partial charge in [-0.15, -0.1) is 0 Å². The van der Waals surface area contributed by atoms with E-state index >= 15 is 0 Å². The molecular weight excluding hydrogens is 272 g/mol. The van der Waals surface area contributed by atoms with E-state index in [4.69, 9.17) is 21.7 Å². The van der Waals surface area contributed by atoms with Crippen LogP contribution in [0.4, 0.5) is 0 Å². The van der Waals surface area contributed by atoms with Crippen LogP contribution in [0.15, 0.2) is 24.3 Å². The van der Waals surface area contributed by atoms with Crippen molar-refractivity contribution in [2.24, 2.45) is 0 Å². The second-order valence-electron chi connectivity index (χ2n) is 4.67. The highest BCUT2D eigenvalue weighted by atomic mass is 32.1. The maximum absolute atomic E-state index is 5.42. The molecule has 0 bridgehead atoms. The monoisotopic (exact) mass is 294 g/mol. The highest BCUT2D eigenvalue weighted by Gasteiger charge is 2.09. The molecule has 0 amide bonds. The van der Waals surface area contributed by atoms with Gasteiger partial charge in [0.2, 0.25) is 0 Å². The molecule has 4 nitrogen and oxygen atoms in total. The molecule has 5 heteroatoms. The number of hydrogen-bond donors (Lipinski definition) is 1. The number of nitrogens with zero attached hydrogens (tertiary/aromatic N) is 1. The molecule has 0 spiro atoms. The summed E-state index contributed by atoms with van der Waals surface area (Å²) in [6.45, 7) is 8.22. The molecule has 1 heterocycles. The predicted octanol–water partition coefficient (Wildman–Crippen LogP) is 1.68. The minimum atomic E-state index is 0.682. The van der Waals surface area contributed by atoms with Gasteiger partial charge in [-0.2, -0.15) is 0 Å². The Morgan fingerprint density at radius 1 is 1.30 bits per heavy atom. The van der Waals surface area contributed by atoms with Crippen molar-refractivity contribution in [2.75, 3.05) is 46.0 Å². The van der Waals surface area contributed by atoms with Crippen LogP contribution < -0.4 is 10.1 Å². The van der Waals surface area contributed by atoms with E-state index in [0.717, 1.165) is 55.7 Å². The van der Waals surface area contributed by atoms with Crippen molar-refractivity contribution in [3.8, 4) is 5.75 Å². The van der Waals surface area contributed by atoms with Gasteiger partial charge in [0.05, 0.1) is 19.8 Å². The van der Waals surface area contributed by atoms with E-state index in [1.165, 1.54) is 0 Å². The van der Waals surface area contributed by atoms with Crippen LogP contribution in [0.3, 0.4) is 0 Å². The third-order valence-corrected chi connectivity index (χ3v) is 3.62. The smallest absolute Gasteiger partial charge is 0.119 e. The standard InChI is InChI=1S/C15H22N2O2S/c1-2-19-14-5-3-13(4-6-14)15(20)16-7-8-17-9-11-18-12-10-17/h3-6H,2,7-12H2,1H3,(H,16,20). The van der Waals surface area contributed by atoms with Gasteiger partial charge < -0.3 is 14.8 Å². The van der Waals surface area contributed by atoms with Crippen LogP contribution in [0.25, 0.3) is 0 Å².